The van der Waals surface area contributed by atoms with Crippen LogP contribution in [0, 0.1) is 0 Å². The lowest BCUT2D eigenvalue weighted by Crippen LogP contribution is -2.32. The number of benzene rings is 1. The summed E-state index contributed by atoms with van der Waals surface area (Å²) < 4.78 is 7.91. The molecule has 0 fully saturated rings. The summed E-state index contributed by atoms with van der Waals surface area (Å²) in [6, 6.07) is 17.9. The molecule has 0 aliphatic carbocycles. The van der Waals surface area contributed by atoms with Gasteiger partial charge in [0.05, 0.1) is 13.1 Å². The second-order valence-corrected chi connectivity index (χ2v) is 8.46. The number of amides is 2. The van der Waals surface area contributed by atoms with Crippen LogP contribution < -0.4 is 5.32 Å². The van der Waals surface area contributed by atoms with Gasteiger partial charge in [-0.2, -0.15) is 0 Å². The fourth-order valence-corrected chi connectivity index (χ4v) is 3.88. The van der Waals surface area contributed by atoms with Gasteiger partial charge in [0.1, 0.15) is 5.76 Å². The zero-order valence-electron chi connectivity index (χ0n) is 19.9. The number of nitrogens with zero attached hydrogens (tertiary/aromatic N) is 2. The van der Waals surface area contributed by atoms with E-state index in [4.69, 9.17) is 4.42 Å². The molecule has 2 aromatic heterocycles. The summed E-state index contributed by atoms with van der Waals surface area (Å²) in [6.45, 7) is 7.80. The maximum Gasteiger partial charge on any atom is 0.287 e. The fraction of sp³-hybridized carbons (Fsp3) is 0.407. The Morgan fingerprint density at radius 3 is 2.58 bits per heavy atom. The Kier molecular flexibility index (Phi) is 8.93. The number of rotatable bonds is 12. The van der Waals surface area contributed by atoms with E-state index in [2.05, 4.69) is 28.9 Å². The van der Waals surface area contributed by atoms with E-state index in [0.717, 1.165) is 31.5 Å². The van der Waals surface area contributed by atoms with Crippen molar-refractivity contribution in [3.05, 3.63) is 83.6 Å². The first-order chi connectivity index (χ1) is 16.0. The third-order valence-corrected chi connectivity index (χ3v) is 5.72. The second-order valence-electron chi connectivity index (χ2n) is 8.46. The van der Waals surface area contributed by atoms with Gasteiger partial charge in [0.2, 0.25) is 5.91 Å². The van der Waals surface area contributed by atoms with Crippen molar-refractivity contribution in [2.45, 2.75) is 65.6 Å². The second kappa shape index (κ2) is 12.1. The van der Waals surface area contributed by atoms with E-state index in [9.17, 15) is 9.59 Å². The number of aromatic nitrogens is 1. The Hall–Kier alpha value is -3.28. The van der Waals surface area contributed by atoms with Gasteiger partial charge in [-0.05, 0) is 56.0 Å². The van der Waals surface area contributed by atoms with Crippen LogP contribution in [0.4, 0.5) is 0 Å². The van der Waals surface area contributed by atoms with Crippen molar-refractivity contribution in [3.63, 3.8) is 0 Å². The quantitative estimate of drug-likeness (QED) is 0.422. The molecule has 3 aromatic rings. The molecule has 0 saturated heterocycles. The predicted molar refractivity (Wildman–Crippen MR) is 130 cm³/mol. The molecule has 2 heterocycles. The summed E-state index contributed by atoms with van der Waals surface area (Å²) >= 11 is 0. The molecule has 0 spiro atoms. The van der Waals surface area contributed by atoms with E-state index >= 15 is 0 Å². The van der Waals surface area contributed by atoms with Gasteiger partial charge in [-0.1, -0.05) is 44.2 Å². The lowest BCUT2D eigenvalue weighted by atomic mass is 10.1. The Labute approximate surface area is 196 Å². The maximum atomic E-state index is 12.6. The van der Waals surface area contributed by atoms with Gasteiger partial charge < -0.3 is 19.2 Å². The first kappa shape index (κ1) is 24.4. The SMILES string of the molecule is CCCN(Cc1cccn1Cc1ccc(C(=O)NC(C)CCc2ccccc2)o1)C(=O)CC. The fourth-order valence-electron chi connectivity index (χ4n) is 3.88. The van der Waals surface area contributed by atoms with Gasteiger partial charge in [-0.15, -0.1) is 0 Å². The number of aryl methyl sites for hydroxylation is 1. The van der Waals surface area contributed by atoms with E-state index in [1.807, 2.05) is 61.3 Å². The Balaban J connectivity index is 1.56. The van der Waals surface area contributed by atoms with Gasteiger partial charge in [-0.25, -0.2) is 0 Å². The van der Waals surface area contributed by atoms with Crippen LogP contribution >= 0.6 is 0 Å². The van der Waals surface area contributed by atoms with Crippen molar-refractivity contribution in [1.29, 1.82) is 0 Å². The Bertz CT molecular complexity index is 1020. The highest BCUT2D eigenvalue weighted by Crippen LogP contribution is 2.15. The lowest BCUT2D eigenvalue weighted by Gasteiger charge is -2.22. The van der Waals surface area contributed by atoms with Crippen LogP contribution in [0.25, 0.3) is 0 Å². The number of carbonyl (C=O) groups is 2. The topological polar surface area (TPSA) is 67.5 Å². The summed E-state index contributed by atoms with van der Waals surface area (Å²) in [4.78, 5) is 26.8. The largest absolute Gasteiger partial charge is 0.454 e. The van der Waals surface area contributed by atoms with Gasteiger partial charge in [-0.3, -0.25) is 9.59 Å². The van der Waals surface area contributed by atoms with Crippen LogP contribution in [0.3, 0.4) is 0 Å². The van der Waals surface area contributed by atoms with Crippen LogP contribution in [0.2, 0.25) is 0 Å². The van der Waals surface area contributed by atoms with E-state index in [1.54, 1.807) is 6.07 Å². The Morgan fingerprint density at radius 1 is 1.06 bits per heavy atom. The number of hydrogen-bond acceptors (Lipinski definition) is 3. The van der Waals surface area contributed by atoms with Crippen LogP contribution in [-0.4, -0.2) is 33.9 Å². The molecule has 0 aliphatic heterocycles. The molecule has 6 nitrogen and oxygen atoms in total. The van der Waals surface area contributed by atoms with E-state index in [0.29, 0.717) is 31.0 Å². The molecule has 1 atom stereocenters. The molecule has 1 aromatic carbocycles. The highest BCUT2D eigenvalue weighted by Gasteiger charge is 2.16. The first-order valence-electron chi connectivity index (χ1n) is 11.9. The van der Waals surface area contributed by atoms with Crippen molar-refractivity contribution in [3.8, 4) is 0 Å². The molecule has 176 valence electrons. The normalized spacial score (nSPS) is 11.8. The summed E-state index contributed by atoms with van der Waals surface area (Å²) in [5.41, 5.74) is 2.31. The van der Waals surface area contributed by atoms with Crippen molar-refractivity contribution >= 4 is 11.8 Å². The third-order valence-electron chi connectivity index (χ3n) is 5.72. The zero-order chi connectivity index (χ0) is 23.6. The van der Waals surface area contributed by atoms with Gasteiger partial charge in [0.25, 0.3) is 5.91 Å². The maximum absolute atomic E-state index is 12.6. The molecule has 2 amide bonds. The molecule has 6 heteroatoms. The lowest BCUT2D eigenvalue weighted by molar-refractivity contribution is -0.131. The molecular weight excluding hydrogens is 414 g/mol. The van der Waals surface area contributed by atoms with Gasteiger partial charge >= 0.3 is 0 Å². The number of furan rings is 1. The molecule has 3 rings (SSSR count). The van der Waals surface area contributed by atoms with Gasteiger partial charge in [0.15, 0.2) is 5.76 Å². The highest BCUT2D eigenvalue weighted by atomic mass is 16.4. The smallest absolute Gasteiger partial charge is 0.287 e. The third kappa shape index (κ3) is 7.11. The minimum Gasteiger partial charge on any atom is -0.454 e. The molecule has 0 saturated carbocycles. The summed E-state index contributed by atoms with van der Waals surface area (Å²) in [5.74, 6) is 0.984. The number of carbonyl (C=O) groups excluding carboxylic acids is 2. The van der Waals surface area contributed by atoms with E-state index < -0.39 is 0 Å². The molecule has 33 heavy (non-hydrogen) atoms. The average Bonchev–Trinajstić information content (AvgIpc) is 3.47. The number of nitrogens with one attached hydrogen (secondary N) is 1. The molecule has 1 unspecified atom stereocenters. The molecule has 0 radical (unpaired) electrons. The van der Waals surface area contributed by atoms with Crippen LogP contribution in [0.5, 0.6) is 0 Å². The molecule has 1 N–H and O–H groups in total. The summed E-state index contributed by atoms with van der Waals surface area (Å²) in [7, 11) is 0. The van der Waals surface area contributed by atoms with Crippen molar-refractivity contribution in [2.75, 3.05) is 6.54 Å². The molecular formula is C27H35N3O3. The highest BCUT2D eigenvalue weighted by molar-refractivity contribution is 5.91. The Morgan fingerprint density at radius 2 is 1.85 bits per heavy atom. The monoisotopic (exact) mass is 449 g/mol. The van der Waals surface area contributed by atoms with Crippen molar-refractivity contribution in [2.24, 2.45) is 0 Å². The predicted octanol–water partition coefficient (Wildman–Crippen LogP) is 5.03. The van der Waals surface area contributed by atoms with Crippen LogP contribution in [0.15, 0.2) is 65.2 Å². The minimum atomic E-state index is -0.197. The number of hydrogen-bond donors (Lipinski definition) is 1. The average molecular weight is 450 g/mol. The summed E-state index contributed by atoms with van der Waals surface area (Å²) in [6.07, 6.45) is 5.18. The van der Waals surface area contributed by atoms with E-state index in [1.165, 1.54) is 5.56 Å². The minimum absolute atomic E-state index is 0.0444. The van der Waals surface area contributed by atoms with Gasteiger partial charge in [0, 0.05) is 30.9 Å². The standard InChI is InChI=1S/C27H35N3O3/c1-4-17-30(26(31)5-2)19-23-12-9-18-29(23)20-24-15-16-25(33-24)27(32)28-21(3)13-14-22-10-7-6-8-11-22/h6-12,15-16,18,21H,4-5,13-14,17,19-20H2,1-3H3,(H,28,32). The molecule has 0 bridgehead atoms. The van der Waals surface area contributed by atoms with E-state index in [-0.39, 0.29) is 17.9 Å². The first-order valence-corrected chi connectivity index (χ1v) is 11.9. The van der Waals surface area contributed by atoms with Crippen LogP contribution in [-0.2, 0) is 24.3 Å². The van der Waals surface area contributed by atoms with Crippen molar-refractivity contribution in [1.82, 2.24) is 14.8 Å². The zero-order valence-corrected chi connectivity index (χ0v) is 19.9. The molecule has 0 aliphatic rings. The van der Waals surface area contributed by atoms with Crippen LogP contribution in [0.1, 0.15) is 67.6 Å². The summed E-state index contributed by atoms with van der Waals surface area (Å²) in [5, 5.41) is 3.03. The van der Waals surface area contributed by atoms with Crippen molar-refractivity contribution < 1.29 is 14.0 Å².